The predicted molar refractivity (Wildman–Crippen MR) is 109 cm³/mol. The Bertz CT molecular complexity index is 1060. The second-order valence-electron chi connectivity index (χ2n) is 7.82. The lowest BCUT2D eigenvalue weighted by Gasteiger charge is -2.31. The molecule has 142 valence electrons. The van der Waals surface area contributed by atoms with Gasteiger partial charge >= 0.3 is 0 Å². The van der Waals surface area contributed by atoms with Gasteiger partial charge in [0.15, 0.2) is 0 Å². The smallest absolute Gasteiger partial charge is 0.255 e. The van der Waals surface area contributed by atoms with Crippen LogP contribution in [0.2, 0.25) is 5.02 Å². The summed E-state index contributed by atoms with van der Waals surface area (Å²) < 4.78 is 0. The molecule has 2 aromatic heterocycles. The Hall–Kier alpha value is -2.50. The van der Waals surface area contributed by atoms with Gasteiger partial charge in [0.25, 0.3) is 5.56 Å². The number of halogens is 1. The van der Waals surface area contributed by atoms with Gasteiger partial charge < -0.3 is 4.98 Å². The standard InChI is InChI=1S/C22H21ClN4O/c23-17-3-1-16(2-4-17)22(8-9-22)14-27-12-7-19-18(13-27)21(28)26-20(25-19)15-5-10-24-11-6-15/h1-6,10-11H,7-9,12-14H2,(H,25,26,28). The SMILES string of the molecule is O=c1[nH]c(-c2ccncc2)nc2c1CN(CC1(c3ccc(Cl)cc3)CC1)CC2. The second-order valence-corrected chi connectivity index (χ2v) is 8.26. The first-order valence-electron chi connectivity index (χ1n) is 9.64. The topological polar surface area (TPSA) is 61.9 Å². The average molecular weight is 393 g/mol. The third-order valence-electron chi connectivity index (χ3n) is 5.94. The van der Waals surface area contributed by atoms with Gasteiger partial charge in [0, 0.05) is 54.4 Å². The maximum absolute atomic E-state index is 12.7. The maximum atomic E-state index is 12.7. The summed E-state index contributed by atoms with van der Waals surface area (Å²) in [6.07, 6.45) is 6.60. The van der Waals surface area contributed by atoms with Crippen molar-refractivity contribution in [2.75, 3.05) is 13.1 Å². The summed E-state index contributed by atoms with van der Waals surface area (Å²) in [5, 5.41) is 0.772. The lowest BCUT2D eigenvalue weighted by Crippen LogP contribution is -2.40. The Morgan fingerprint density at radius 1 is 1.11 bits per heavy atom. The summed E-state index contributed by atoms with van der Waals surface area (Å²) in [5.41, 5.74) is 4.14. The zero-order chi connectivity index (χ0) is 19.1. The van der Waals surface area contributed by atoms with Crippen LogP contribution in [-0.2, 0) is 18.4 Å². The van der Waals surface area contributed by atoms with Crippen molar-refractivity contribution in [1.82, 2.24) is 19.9 Å². The largest absolute Gasteiger partial charge is 0.306 e. The van der Waals surface area contributed by atoms with E-state index in [-0.39, 0.29) is 11.0 Å². The van der Waals surface area contributed by atoms with Crippen LogP contribution in [0.3, 0.4) is 0 Å². The molecule has 0 spiro atoms. The predicted octanol–water partition coefficient (Wildman–Crippen LogP) is 3.58. The Balaban J connectivity index is 1.37. The van der Waals surface area contributed by atoms with E-state index in [1.165, 1.54) is 18.4 Å². The van der Waals surface area contributed by atoms with E-state index in [4.69, 9.17) is 16.6 Å². The molecule has 1 aliphatic heterocycles. The number of hydrogen-bond donors (Lipinski definition) is 1. The number of aromatic amines is 1. The van der Waals surface area contributed by atoms with Crippen molar-refractivity contribution in [3.05, 3.63) is 81.0 Å². The molecule has 0 saturated heterocycles. The molecular weight excluding hydrogens is 372 g/mol. The van der Waals surface area contributed by atoms with Crippen LogP contribution in [0.15, 0.2) is 53.6 Å². The normalized spacial score (nSPS) is 17.9. The lowest BCUT2D eigenvalue weighted by molar-refractivity contribution is 0.227. The highest BCUT2D eigenvalue weighted by molar-refractivity contribution is 6.30. The molecule has 1 aliphatic carbocycles. The minimum absolute atomic E-state index is 0.0298. The van der Waals surface area contributed by atoms with Crippen LogP contribution in [0.1, 0.15) is 29.7 Å². The average Bonchev–Trinajstić information content (AvgIpc) is 3.50. The molecule has 0 amide bonds. The van der Waals surface area contributed by atoms with Crippen molar-refractivity contribution in [1.29, 1.82) is 0 Å². The summed E-state index contributed by atoms with van der Waals surface area (Å²) in [5.74, 6) is 0.624. The Labute approximate surface area is 168 Å². The van der Waals surface area contributed by atoms with Gasteiger partial charge in [0.05, 0.1) is 11.3 Å². The number of fused-ring (bicyclic) bond motifs is 1. The van der Waals surface area contributed by atoms with Crippen molar-refractivity contribution in [3.8, 4) is 11.4 Å². The summed E-state index contributed by atoms with van der Waals surface area (Å²) >= 11 is 6.05. The van der Waals surface area contributed by atoms with Crippen LogP contribution in [0.4, 0.5) is 0 Å². The van der Waals surface area contributed by atoms with Crippen LogP contribution in [-0.4, -0.2) is 32.9 Å². The second kappa shape index (κ2) is 6.83. The number of benzene rings is 1. The first-order valence-corrected chi connectivity index (χ1v) is 10.0. The number of rotatable bonds is 4. The summed E-state index contributed by atoms with van der Waals surface area (Å²) in [6, 6.07) is 12.0. The van der Waals surface area contributed by atoms with Gasteiger partial charge in [-0.25, -0.2) is 4.98 Å². The van der Waals surface area contributed by atoms with Gasteiger partial charge in [-0.05, 0) is 42.7 Å². The minimum Gasteiger partial charge on any atom is -0.306 e. The highest BCUT2D eigenvalue weighted by Crippen LogP contribution is 2.49. The van der Waals surface area contributed by atoms with Crippen molar-refractivity contribution in [2.45, 2.75) is 31.2 Å². The summed E-state index contributed by atoms with van der Waals surface area (Å²) in [7, 11) is 0. The molecule has 0 radical (unpaired) electrons. The van der Waals surface area contributed by atoms with Crippen LogP contribution in [0.5, 0.6) is 0 Å². The molecule has 5 rings (SSSR count). The van der Waals surface area contributed by atoms with Gasteiger partial charge in [-0.3, -0.25) is 14.7 Å². The Morgan fingerprint density at radius 3 is 2.57 bits per heavy atom. The summed E-state index contributed by atoms with van der Waals surface area (Å²) in [4.78, 5) is 26.8. The van der Waals surface area contributed by atoms with Crippen LogP contribution < -0.4 is 5.56 Å². The molecule has 3 aromatic rings. The molecule has 6 heteroatoms. The third kappa shape index (κ3) is 3.25. The lowest BCUT2D eigenvalue weighted by atomic mass is 9.94. The highest BCUT2D eigenvalue weighted by Gasteiger charge is 2.45. The zero-order valence-corrected chi connectivity index (χ0v) is 16.2. The molecule has 5 nitrogen and oxygen atoms in total. The molecule has 0 unspecified atom stereocenters. The van der Waals surface area contributed by atoms with Crippen molar-refractivity contribution in [3.63, 3.8) is 0 Å². The van der Waals surface area contributed by atoms with Crippen LogP contribution in [0.25, 0.3) is 11.4 Å². The summed E-state index contributed by atoms with van der Waals surface area (Å²) in [6.45, 7) is 2.55. The number of nitrogens with zero attached hydrogens (tertiary/aromatic N) is 3. The van der Waals surface area contributed by atoms with E-state index < -0.39 is 0 Å². The number of H-pyrrole nitrogens is 1. The molecule has 3 heterocycles. The molecule has 1 N–H and O–H groups in total. The van der Waals surface area contributed by atoms with E-state index in [0.717, 1.165) is 41.4 Å². The van der Waals surface area contributed by atoms with E-state index in [9.17, 15) is 4.79 Å². The molecule has 28 heavy (non-hydrogen) atoms. The quantitative estimate of drug-likeness (QED) is 0.737. The van der Waals surface area contributed by atoms with Gasteiger partial charge in [0.1, 0.15) is 5.82 Å². The Kier molecular flexibility index (Phi) is 4.29. The van der Waals surface area contributed by atoms with Crippen molar-refractivity contribution >= 4 is 11.6 Å². The fourth-order valence-corrected chi connectivity index (χ4v) is 4.31. The molecule has 0 atom stereocenters. The number of pyridine rings is 1. The highest BCUT2D eigenvalue weighted by atomic mass is 35.5. The fraction of sp³-hybridized carbons (Fsp3) is 0.318. The molecule has 1 aromatic carbocycles. The first-order chi connectivity index (χ1) is 13.6. The third-order valence-corrected chi connectivity index (χ3v) is 6.19. The molecular formula is C22H21ClN4O. The monoisotopic (exact) mass is 392 g/mol. The fourth-order valence-electron chi connectivity index (χ4n) is 4.18. The molecule has 1 saturated carbocycles. The van der Waals surface area contributed by atoms with Crippen LogP contribution >= 0.6 is 11.6 Å². The van der Waals surface area contributed by atoms with Gasteiger partial charge in [-0.2, -0.15) is 0 Å². The van der Waals surface area contributed by atoms with E-state index >= 15 is 0 Å². The maximum Gasteiger partial charge on any atom is 0.255 e. The van der Waals surface area contributed by atoms with E-state index in [1.54, 1.807) is 12.4 Å². The van der Waals surface area contributed by atoms with Gasteiger partial charge in [0.2, 0.25) is 0 Å². The van der Waals surface area contributed by atoms with E-state index in [2.05, 4.69) is 27.0 Å². The number of hydrogen-bond acceptors (Lipinski definition) is 4. The zero-order valence-electron chi connectivity index (χ0n) is 15.5. The Morgan fingerprint density at radius 2 is 1.86 bits per heavy atom. The van der Waals surface area contributed by atoms with Crippen LogP contribution in [0, 0.1) is 0 Å². The van der Waals surface area contributed by atoms with E-state index in [0.29, 0.717) is 12.4 Å². The minimum atomic E-state index is -0.0298. The van der Waals surface area contributed by atoms with Crippen molar-refractivity contribution in [2.24, 2.45) is 0 Å². The molecule has 1 fully saturated rings. The van der Waals surface area contributed by atoms with E-state index in [1.807, 2.05) is 24.3 Å². The molecule has 2 aliphatic rings. The van der Waals surface area contributed by atoms with Gasteiger partial charge in [-0.1, -0.05) is 23.7 Å². The van der Waals surface area contributed by atoms with Crippen molar-refractivity contribution < 1.29 is 0 Å². The van der Waals surface area contributed by atoms with Gasteiger partial charge in [-0.15, -0.1) is 0 Å². The molecule has 0 bridgehead atoms. The number of nitrogens with one attached hydrogen (secondary N) is 1. The first kappa shape index (κ1) is 17.6. The number of aromatic nitrogens is 3.